The molecule has 23 heavy (non-hydrogen) atoms. The van der Waals surface area contributed by atoms with Crippen LogP contribution in [-0.2, 0) is 4.79 Å². The van der Waals surface area contributed by atoms with Gasteiger partial charge in [0, 0.05) is 11.8 Å². The summed E-state index contributed by atoms with van der Waals surface area (Å²) in [6.45, 7) is 0. The van der Waals surface area contributed by atoms with E-state index in [1.807, 2.05) is 54.6 Å². The Morgan fingerprint density at radius 1 is 0.957 bits per heavy atom. The molecule has 1 aliphatic heterocycles. The SMILES string of the molecule is NC(=O)C1=C(N)NNC=C1c1ccc(Oc2ccccc2)cc1. The Bertz CT molecular complexity index is 780. The van der Waals surface area contributed by atoms with Crippen LogP contribution in [0, 0.1) is 0 Å². The Morgan fingerprint density at radius 3 is 2.26 bits per heavy atom. The van der Waals surface area contributed by atoms with Gasteiger partial charge in [0.05, 0.1) is 5.57 Å². The van der Waals surface area contributed by atoms with Crippen molar-refractivity contribution in [2.24, 2.45) is 11.5 Å². The molecule has 1 aliphatic rings. The highest BCUT2D eigenvalue weighted by Crippen LogP contribution is 2.28. The summed E-state index contributed by atoms with van der Waals surface area (Å²) in [6, 6.07) is 16.8. The highest BCUT2D eigenvalue weighted by Gasteiger charge is 2.20. The van der Waals surface area contributed by atoms with Crippen LogP contribution in [0.5, 0.6) is 11.5 Å². The Hall–Kier alpha value is -3.41. The Kier molecular flexibility index (Phi) is 3.88. The average molecular weight is 308 g/mol. The van der Waals surface area contributed by atoms with E-state index in [1.54, 1.807) is 6.20 Å². The van der Waals surface area contributed by atoms with Crippen molar-refractivity contribution in [1.82, 2.24) is 10.9 Å². The van der Waals surface area contributed by atoms with Crippen LogP contribution in [0.3, 0.4) is 0 Å². The van der Waals surface area contributed by atoms with Crippen LogP contribution in [0.25, 0.3) is 5.57 Å². The number of amides is 1. The van der Waals surface area contributed by atoms with Gasteiger partial charge in [-0.2, -0.15) is 0 Å². The van der Waals surface area contributed by atoms with Gasteiger partial charge in [0.25, 0.3) is 5.91 Å². The van der Waals surface area contributed by atoms with Crippen molar-refractivity contribution in [2.75, 3.05) is 0 Å². The van der Waals surface area contributed by atoms with Crippen molar-refractivity contribution in [3.63, 3.8) is 0 Å². The minimum atomic E-state index is -0.590. The molecule has 0 aromatic heterocycles. The first-order valence-corrected chi connectivity index (χ1v) is 7.00. The van der Waals surface area contributed by atoms with Crippen molar-refractivity contribution in [3.05, 3.63) is 77.8 Å². The van der Waals surface area contributed by atoms with E-state index in [0.29, 0.717) is 11.3 Å². The summed E-state index contributed by atoms with van der Waals surface area (Å²) in [5, 5.41) is 0. The topological polar surface area (TPSA) is 102 Å². The van der Waals surface area contributed by atoms with E-state index in [-0.39, 0.29) is 11.4 Å². The van der Waals surface area contributed by atoms with Gasteiger partial charge in [-0.25, -0.2) is 0 Å². The maximum atomic E-state index is 11.6. The molecule has 0 radical (unpaired) electrons. The molecule has 0 atom stereocenters. The second kappa shape index (κ2) is 6.15. The van der Waals surface area contributed by atoms with Crippen LogP contribution >= 0.6 is 0 Å². The first-order valence-electron chi connectivity index (χ1n) is 7.00. The maximum absolute atomic E-state index is 11.6. The van der Waals surface area contributed by atoms with E-state index < -0.39 is 5.91 Å². The molecule has 0 aliphatic carbocycles. The number of hydrazine groups is 1. The van der Waals surface area contributed by atoms with Gasteiger partial charge in [-0.05, 0) is 29.8 Å². The molecule has 0 unspecified atom stereocenters. The zero-order valence-corrected chi connectivity index (χ0v) is 12.2. The van der Waals surface area contributed by atoms with E-state index in [4.69, 9.17) is 16.2 Å². The lowest BCUT2D eigenvalue weighted by molar-refractivity contribution is -0.114. The molecule has 0 bridgehead atoms. The van der Waals surface area contributed by atoms with Crippen molar-refractivity contribution < 1.29 is 9.53 Å². The zero-order valence-electron chi connectivity index (χ0n) is 12.2. The number of primary amides is 1. The normalized spacial score (nSPS) is 13.7. The lowest BCUT2D eigenvalue weighted by atomic mass is 9.97. The summed E-state index contributed by atoms with van der Waals surface area (Å²) in [7, 11) is 0. The fourth-order valence-electron chi connectivity index (χ4n) is 2.29. The number of para-hydroxylation sites is 1. The van der Waals surface area contributed by atoms with E-state index >= 15 is 0 Å². The Labute approximate surface area is 133 Å². The molecule has 116 valence electrons. The number of rotatable bonds is 4. The fraction of sp³-hybridized carbons (Fsp3) is 0. The van der Waals surface area contributed by atoms with Gasteiger partial charge in [-0.15, -0.1) is 0 Å². The van der Waals surface area contributed by atoms with Crippen molar-refractivity contribution in [2.45, 2.75) is 0 Å². The summed E-state index contributed by atoms with van der Waals surface area (Å²) in [4.78, 5) is 11.6. The molecular formula is C17H16N4O2. The van der Waals surface area contributed by atoms with Crippen molar-refractivity contribution in [1.29, 1.82) is 0 Å². The number of hydrogen-bond donors (Lipinski definition) is 4. The molecule has 1 amide bonds. The average Bonchev–Trinajstić information content (AvgIpc) is 2.56. The number of hydrogen-bond acceptors (Lipinski definition) is 5. The summed E-state index contributed by atoms with van der Waals surface area (Å²) in [5.41, 5.74) is 18.3. The summed E-state index contributed by atoms with van der Waals surface area (Å²) in [5.74, 6) is 1.05. The van der Waals surface area contributed by atoms with Gasteiger partial charge in [-0.1, -0.05) is 30.3 Å². The predicted molar refractivity (Wildman–Crippen MR) is 87.6 cm³/mol. The molecule has 0 fully saturated rings. The number of nitrogens with two attached hydrogens (primary N) is 2. The molecule has 1 heterocycles. The highest BCUT2D eigenvalue weighted by molar-refractivity contribution is 6.09. The Balaban J connectivity index is 1.85. The number of benzene rings is 2. The lowest BCUT2D eigenvalue weighted by Gasteiger charge is -2.20. The van der Waals surface area contributed by atoms with Gasteiger partial charge in [-0.3, -0.25) is 10.2 Å². The highest BCUT2D eigenvalue weighted by atomic mass is 16.5. The number of carbonyl (C=O) groups is 1. The van der Waals surface area contributed by atoms with E-state index in [0.717, 1.165) is 11.3 Å². The van der Waals surface area contributed by atoms with Gasteiger partial charge in [0.2, 0.25) is 0 Å². The number of nitrogens with one attached hydrogen (secondary N) is 2. The molecule has 2 aromatic rings. The number of carbonyl (C=O) groups excluding carboxylic acids is 1. The molecule has 0 spiro atoms. The van der Waals surface area contributed by atoms with Crippen LogP contribution in [0.2, 0.25) is 0 Å². The van der Waals surface area contributed by atoms with Crippen molar-refractivity contribution >= 4 is 11.5 Å². The minimum absolute atomic E-state index is 0.194. The second-order valence-electron chi connectivity index (χ2n) is 4.92. The largest absolute Gasteiger partial charge is 0.457 e. The van der Waals surface area contributed by atoms with Crippen LogP contribution in [0.1, 0.15) is 5.56 Å². The first kappa shape index (κ1) is 14.5. The monoisotopic (exact) mass is 308 g/mol. The first-order chi connectivity index (χ1) is 11.1. The third-order valence-corrected chi connectivity index (χ3v) is 3.35. The van der Waals surface area contributed by atoms with Crippen LogP contribution in [0.4, 0.5) is 0 Å². The summed E-state index contributed by atoms with van der Waals surface area (Å²) >= 11 is 0. The molecular weight excluding hydrogens is 292 g/mol. The third kappa shape index (κ3) is 3.11. The molecule has 6 heteroatoms. The molecule has 3 rings (SSSR count). The van der Waals surface area contributed by atoms with Gasteiger partial charge in [0.15, 0.2) is 0 Å². The molecule has 2 aromatic carbocycles. The smallest absolute Gasteiger partial charge is 0.253 e. The zero-order chi connectivity index (χ0) is 16.2. The number of ether oxygens (including phenoxy) is 1. The van der Waals surface area contributed by atoms with Crippen LogP contribution in [0.15, 0.2) is 72.2 Å². The van der Waals surface area contributed by atoms with Gasteiger partial charge >= 0.3 is 0 Å². The fourth-order valence-corrected chi connectivity index (χ4v) is 2.29. The predicted octanol–water partition coefficient (Wildman–Crippen LogP) is 1.58. The maximum Gasteiger partial charge on any atom is 0.253 e. The summed E-state index contributed by atoms with van der Waals surface area (Å²) < 4.78 is 5.74. The van der Waals surface area contributed by atoms with Crippen LogP contribution in [-0.4, -0.2) is 5.91 Å². The van der Waals surface area contributed by atoms with Gasteiger partial charge < -0.3 is 21.6 Å². The standard InChI is InChI=1S/C17H16N4O2/c18-16-15(17(19)22)14(10-20-21-16)11-6-8-13(9-7-11)23-12-4-2-1-3-5-12/h1-10,20-21H,18H2,(H2,19,22). The lowest BCUT2D eigenvalue weighted by Crippen LogP contribution is -2.38. The quantitative estimate of drug-likeness (QED) is 0.687. The van der Waals surface area contributed by atoms with Crippen LogP contribution < -0.4 is 27.1 Å². The molecule has 0 saturated carbocycles. The molecule has 6 N–H and O–H groups in total. The summed E-state index contributed by atoms with van der Waals surface area (Å²) in [6.07, 6.45) is 1.64. The van der Waals surface area contributed by atoms with E-state index in [1.165, 1.54) is 0 Å². The minimum Gasteiger partial charge on any atom is -0.457 e. The molecule has 6 nitrogen and oxygen atoms in total. The van der Waals surface area contributed by atoms with E-state index in [9.17, 15) is 4.79 Å². The van der Waals surface area contributed by atoms with E-state index in [2.05, 4.69) is 10.9 Å². The Morgan fingerprint density at radius 2 is 1.61 bits per heavy atom. The third-order valence-electron chi connectivity index (χ3n) is 3.35. The van der Waals surface area contributed by atoms with Crippen molar-refractivity contribution in [3.8, 4) is 11.5 Å². The second-order valence-corrected chi connectivity index (χ2v) is 4.92. The van der Waals surface area contributed by atoms with Gasteiger partial charge in [0.1, 0.15) is 17.3 Å². The molecule has 0 saturated heterocycles.